The van der Waals surface area contributed by atoms with E-state index < -0.39 is 0 Å². The van der Waals surface area contributed by atoms with Gasteiger partial charge < -0.3 is 10.2 Å². The summed E-state index contributed by atoms with van der Waals surface area (Å²) < 4.78 is 0. The van der Waals surface area contributed by atoms with Crippen molar-refractivity contribution in [3.05, 3.63) is 23.9 Å². The van der Waals surface area contributed by atoms with Gasteiger partial charge in [0, 0.05) is 51.0 Å². The molecule has 20 heavy (non-hydrogen) atoms. The molecule has 3 aliphatic rings. The van der Waals surface area contributed by atoms with Crippen molar-refractivity contribution in [2.24, 2.45) is 0 Å². The van der Waals surface area contributed by atoms with Crippen LogP contribution in [0.1, 0.15) is 31.2 Å². The number of nitrogens with one attached hydrogen (secondary N) is 1. The Morgan fingerprint density at radius 1 is 1.10 bits per heavy atom. The maximum Gasteiger partial charge on any atom is 0.128 e. The maximum absolute atomic E-state index is 4.57. The minimum absolute atomic E-state index is 0.772. The highest BCUT2D eigenvalue weighted by Crippen LogP contribution is 2.28. The van der Waals surface area contributed by atoms with Crippen LogP contribution in [0.4, 0.5) is 5.82 Å². The molecule has 2 aliphatic carbocycles. The molecule has 2 saturated carbocycles. The molecule has 0 spiro atoms. The van der Waals surface area contributed by atoms with E-state index in [0.29, 0.717) is 0 Å². The second-order valence-electron chi connectivity index (χ2n) is 6.43. The van der Waals surface area contributed by atoms with Gasteiger partial charge in [0.2, 0.25) is 0 Å². The zero-order valence-corrected chi connectivity index (χ0v) is 12.1. The van der Waals surface area contributed by atoms with Crippen LogP contribution in [0.3, 0.4) is 0 Å². The van der Waals surface area contributed by atoms with E-state index in [0.717, 1.165) is 37.5 Å². The first-order valence-electron chi connectivity index (χ1n) is 8.06. The van der Waals surface area contributed by atoms with E-state index in [1.54, 1.807) is 0 Å². The predicted octanol–water partition coefficient (Wildman–Crippen LogP) is 1.62. The van der Waals surface area contributed by atoms with Crippen molar-refractivity contribution < 1.29 is 0 Å². The molecular formula is C16H24N4. The van der Waals surface area contributed by atoms with E-state index >= 15 is 0 Å². The van der Waals surface area contributed by atoms with Gasteiger partial charge in [0.05, 0.1) is 0 Å². The molecule has 4 rings (SSSR count). The van der Waals surface area contributed by atoms with E-state index in [1.807, 2.05) is 6.20 Å². The predicted molar refractivity (Wildman–Crippen MR) is 80.9 cm³/mol. The SMILES string of the molecule is c1cc(CNC2CC2)cc(N2CCN(C3CC3)CC2)n1. The summed E-state index contributed by atoms with van der Waals surface area (Å²) in [5.41, 5.74) is 1.37. The highest BCUT2D eigenvalue weighted by atomic mass is 15.3. The van der Waals surface area contributed by atoms with Gasteiger partial charge in [0.1, 0.15) is 5.82 Å². The van der Waals surface area contributed by atoms with Gasteiger partial charge in [-0.15, -0.1) is 0 Å². The van der Waals surface area contributed by atoms with E-state index in [2.05, 4.69) is 32.2 Å². The lowest BCUT2D eigenvalue weighted by molar-refractivity contribution is 0.247. The van der Waals surface area contributed by atoms with Crippen LogP contribution in [0.15, 0.2) is 18.3 Å². The van der Waals surface area contributed by atoms with Crippen LogP contribution in [-0.4, -0.2) is 48.1 Å². The molecule has 1 N–H and O–H groups in total. The molecule has 0 unspecified atom stereocenters. The quantitative estimate of drug-likeness (QED) is 0.882. The third-order valence-electron chi connectivity index (χ3n) is 4.68. The van der Waals surface area contributed by atoms with Crippen molar-refractivity contribution in [3.8, 4) is 0 Å². The molecule has 4 heteroatoms. The van der Waals surface area contributed by atoms with Gasteiger partial charge in [0.15, 0.2) is 0 Å². The second-order valence-corrected chi connectivity index (χ2v) is 6.43. The largest absolute Gasteiger partial charge is 0.354 e. The molecule has 0 bridgehead atoms. The Morgan fingerprint density at radius 3 is 2.60 bits per heavy atom. The number of nitrogens with zero attached hydrogens (tertiary/aromatic N) is 3. The maximum atomic E-state index is 4.57. The molecule has 1 aromatic heterocycles. The monoisotopic (exact) mass is 272 g/mol. The number of piperazine rings is 1. The van der Waals surface area contributed by atoms with Crippen LogP contribution in [0.25, 0.3) is 0 Å². The molecule has 0 atom stereocenters. The topological polar surface area (TPSA) is 31.4 Å². The number of anilines is 1. The number of rotatable bonds is 5. The molecule has 3 fully saturated rings. The highest BCUT2D eigenvalue weighted by molar-refractivity contribution is 5.41. The average molecular weight is 272 g/mol. The molecule has 0 radical (unpaired) electrons. The number of hydrogen-bond acceptors (Lipinski definition) is 4. The summed E-state index contributed by atoms with van der Waals surface area (Å²) in [4.78, 5) is 9.66. The zero-order valence-electron chi connectivity index (χ0n) is 12.1. The molecule has 4 nitrogen and oxygen atoms in total. The molecule has 2 heterocycles. The Hall–Kier alpha value is -1.13. The minimum atomic E-state index is 0.772. The van der Waals surface area contributed by atoms with Crippen molar-refractivity contribution in [1.82, 2.24) is 15.2 Å². The normalized spacial score (nSPS) is 24.1. The van der Waals surface area contributed by atoms with Gasteiger partial charge in [-0.25, -0.2) is 4.98 Å². The lowest BCUT2D eigenvalue weighted by Crippen LogP contribution is -2.47. The van der Waals surface area contributed by atoms with Crippen LogP contribution < -0.4 is 10.2 Å². The molecule has 0 aromatic carbocycles. The van der Waals surface area contributed by atoms with E-state index in [4.69, 9.17) is 0 Å². The van der Waals surface area contributed by atoms with Crippen LogP contribution in [0.2, 0.25) is 0 Å². The van der Waals surface area contributed by atoms with Gasteiger partial charge in [0.25, 0.3) is 0 Å². The van der Waals surface area contributed by atoms with Crippen LogP contribution in [-0.2, 0) is 6.54 Å². The summed E-state index contributed by atoms with van der Waals surface area (Å²) in [7, 11) is 0. The van der Waals surface area contributed by atoms with Crippen molar-refractivity contribution >= 4 is 5.82 Å². The summed E-state index contributed by atoms with van der Waals surface area (Å²) in [5, 5.41) is 3.58. The Balaban J connectivity index is 1.36. The molecular weight excluding hydrogens is 248 g/mol. The number of hydrogen-bond donors (Lipinski definition) is 1. The van der Waals surface area contributed by atoms with Crippen molar-refractivity contribution in [3.63, 3.8) is 0 Å². The fourth-order valence-electron chi connectivity index (χ4n) is 3.05. The Labute approximate surface area is 121 Å². The summed E-state index contributed by atoms with van der Waals surface area (Å²) in [6, 6.07) is 6.08. The molecule has 108 valence electrons. The fourth-order valence-corrected chi connectivity index (χ4v) is 3.05. The smallest absolute Gasteiger partial charge is 0.128 e. The van der Waals surface area contributed by atoms with Gasteiger partial charge in [-0.3, -0.25) is 4.90 Å². The van der Waals surface area contributed by atoms with Crippen LogP contribution >= 0.6 is 0 Å². The van der Waals surface area contributed by atoms with Crippen molar-refractivity contribution in [1.29, 1.82) is 0 Å². The van der Waals surface area contributed by atoms with Gasteiger partial charge in [-0.05, 0) is 43.4 Å². The Kier molecular flexibility index (Phi) is 3.36. The summed E-state index contributed by atoms with van der Waals surface area (Å²) in [5.74, 6) is 1.16. The van der Waals surface area contributed by atoms with E-state index in [9.17, 15) is 0 Å². The van der Waals surface area contributed by atoms with Gasteiger partial charge in [-0.1, -0.05) is 0 Å². The third-order valence-corrected chi connectivity index (χ3v) is 4.68. The van der Waals surface area contributed by atoms with E-state index in [-0.39, 0.29) is 0 Å². The van der Waals surface area contributed by atoms with E-state index in [1.165, 1.54) is 44.3 Å². The summed E-state index contributed by atoms with van der Waals surface area (Å²) >= 11 is 0. The number of pyridine rings is 1. The zero-order chi connectivity index (χ0) is 13.4. The Morgan fingerprint density at radius 2 is 1.90 bits per heavy atom. The average Bonchev–Trinajstić information content (AvgIpc) is 3.40. The first-order valence-corrected chi connectivity index (χ1v) is 8.06. The van der Waals surface area contributed by atoms with Gasteiger partial charge >= 0.3 is 0 Å². The first-order chi connectivity index (χ1) is 9.88. The van der Waals surface area contributed by atoms with Crippen LogP contribution in [0, 0.1) is 0 Å². The molecule has 1 aliphatic heterocycles. The molecule has 1 saturated heterocycles. The lowest BCUT2D eigenvalue weighted by Gasteiger charge is -2.35. The summed E-state index contributed by atoms with van der Waals surface area (Å²) in [6.45, 7) is 5.65. The Bertz CT molecular complexity index is 459. The van der Waals surface area contributed by atoms with Crippen LogP contribution in [0.5, 0.6) is 0 Å². The number of aromatic nitrogens is 1. The fraction of sp³-hybridized carbons (Fsp3) is 0.688. The van der Waals surface area contributed by atoms with Crippen molar-refractivity contribution in [2.45, 2.75) is 44.3 Å². The third kappa shape index (κ3) is 2.96. The lowest BCUT2D eigenvalue weighted by atomic mass is 10.2. The standard InChI is InChI=1S/C16H24N4/c1-2-14(1)18-12-13-5-6-17-16(11-13)20-9-7-19(8-10-20)15-3-4-15/h5-6,11,14-15,18H,1-4,7-10,12H2. The van der Waals surface area contributed by atoms with Gasteiger partial charge in [-0.2, -0.15) is 0 Å². The van der Waals surface area contributed by atoms with Crippen molar-refractivity contribution in [2.75, 3.05) is 31.1 Å². The second kappa shape index (κ2) is 5.34. The minimum Gasteiger partial charge on any atom is -0.354 e. The molecule has 1 aromatic rings. The highest BCUT2D eigenvalue weighted by Gasteiger charge is 2.31. The molecule has 0 amide bonds. The first kappa shape index (κ1) is 12.6. The summed E-state index contributed by atoms with van der Waals surface area (Å²) in [6.07, 6.45) is 7.50.